The summed E-state index contributed by atoms with van der Waals surface area (Å²) < 4.78 is 28.2. The number of carboxylic acid groups (broad SMARTS) is 1. The quantitative estimate of drug-likeness (QED) is 0.477. The van der Waals surface area contributed by atoms with Crippen LogP contribution in [0.25, 0.3) is 0 Å². The zero-order chi connectivity index (χ0) is 16.5. The Kier molecular flexibility index (Phi) is 5.00. The number of carbonyl (C=O) groups excluding carboxylic acids is 1. The fourth-order valence-electron chi connectivity index (χ4n) is 1.30. The maximum atomic E-state index is 12.0. The summed E-state index contributed by atoms with van der Waals surface area (Å²) in [5, 5.41) is 22.4. The van der Waals surface area contributed by atoms with E-state index >= 15 is 0 Å². The number of hydrogen-bond acceptors (Lipinski definition) is 7. The van der Waals surface area contributed by atoms with Crippen LogP contribution in [-0.2, 0) is 10.0 Å². The zero-order valence-electron chi connectivity index (χ0n) is 10.3. The van der Waals surface area contributed by atoms with Crippen molar-refractivity contribution in [1.82, 2.24) is 4.98 Å². The Morgan fingerprint density at radius 2 is 1.95 bits per heavy atom. The summed E-state index contributed by atoms with van der Waals surface area (Å²) in [6, 6.07) is 3.46. The molecular formula is C11H4Br2N2O5S2-2. The van der Waals surface area contributed by atoms with Crippen LogP contribution in [0.2, 0.25) is 0 Å². The van der Waals surface area contributed by atoms with E-state index in [4.69, 9.17) is 0 Å². The molecule has 0 aliphatic rings. The Bertz CT molecular complexity index is 840. The Morgan fingerprint density at radius 1 is 1.27 bits per heavy atom. The molecule has 2 heterocycles. The van der Waals surface area contributed by atoms with Crippen molar-refractivity contribution in [2.24, 2.45) is 4.40 Å². The topological polar surface area (TPSA) is 123 Å². The van der Waals surface area contributed by atoms with Crippen LogP contribution in [-0.4, -0.2) is 25.3 Å². The number of halogens is 2. The molecule has 0 aromatic carbocycles. The Balaban J connectivity index is 2.36. The third-order valence-electron chi connectivity index (χ3n) is 2.30. The summed E-state index contributed by atoms with van der Waals surface area (Å²) in [6.07, 6.45) is 0.923. The van der Waals surface area contributed by atoms with Gasteiger partial charge in [-0.2, -0.15) is 12.8 Å². The minimum atomic E-state index is -4.16. The summed E-state index contributed by atoms with van der Waals surface area (Å²) in [6.45, 7) is 0. The first kappa shape index (κ1) is 17.1. The minimum absolute atomic E-state index is 0.112. The molecule has 0 saturated carbocycles. The summed E-state index contributed by atoms with van der Waals surface area (Å²) in [4.78, 5) is 14.0. The number of carbonyl (C=O) groups is 1. The van der Waals surface area contributed by atoms with E-state index in [1.54, 1.807) is 0 Å². The van der Waals surface area contributed by atoms with Gasteiger partial charge in [0, 0.05) is 22.1 Å². The number of aromatic nitrogens is 1. The maximum Gasteiger partial charge on any atom is 0.291 e. The molecule has 11 heteroatoms. The molecular weight excluding hydrogens is 464 g/mol. The average molecular weight is 468 g/mol. The number of pyridine rings is 1. The van der Waals surface area contributed by atoms with Gasteiger partial charge in [-0.3, -0.25) is 4.98 Å². The molecule has 0 aliphatic carbocycles. The number of hydrogen-bond donors (Lipinski definition) is 0. The van der Waals surface area contributed by atoms with Gasteiger partial charge in [0.2, 0.25) is 0 Å². The van der Waals surface area contributed by atoms with Crippen molar-refractivity contribution in [2.75, 3.05) is 0 Å². The van der Waals surface area contributed by atoms with Gasteiger partial charge in [-0.15, -0.1) is 11.3 Å². The second-order valence-electron chi connectivity index (χ2n) is 3.78. The predicted molar refractivity (Wildman–Crippen MR) is 82.0 cm³/mol. The van der Waals surface area contributed by atoms with Gasteiger partial charge in [0.25, 0.3) is 10.0 Å². The summed E-state index contributed by atoms with van der Waals surface area (Å²) in [5.74, 6) is -2.55. The fourth-order valence-corrected chi connectivity index (χ4v) is 5.01. The molecule has 0 radical (unpaired) electrons. The lowest BCUT2D eigenvalue weighted by molar-refractivity contribution is -0.255. The van der Waals surface area contributed by atoms with Crippen LogP contribution in [0.5, 0.6) is 0 Å². The molecule has 0 N–H and O–H groups in total. The molecule has 116 valence electrons. The van der Waals surface area contributed by atoms with Crippen LogP contribution in [0.4, 0.5) is 0 Å². The lowest BCUT2D eigenvalue weighted by Gasteiger charge is -2.10. The Morgan fingerprint density at radius 3 is 2.41 bits per heavy atom. The highest BCUT2D eigenvalue weighted by Gasteiger charge is 2.17. The molecule has 2 rings (SSSR count). The van der Waals surface area contributed by atoms with Crippen molar-refractivity contribution in [3.05, 3.63) is 43.9 Å². The maximum absolute atomic E-state index is 12.0. The normalized spacial score (nSPS) is 12.4. The van der Waals surface area contributed by atoms with E-state index < -0.39 is 21.9 Å². The first-order chi connectivity index (χ1) is 10.2. The molecule has 0 unspecified atom stereocenters. The van der Waals surface area contributed by atoms with E-state index in [9.17, 15) is 23.4 Å². The molecule has 7 nitrogen and oxygen atoms in total. The van der Waals surface area contributed by atoms with Gasteiger partial charge < -0.3 is 15.0 Å². The lowest BCUT2D eigenvalue weighted by atomic mass is 10.2. The van der Waals surface area contributed by atoms with Gasteiger partial charge >= 0.3 is 0 Å². The van der Waals surface area contributed by atoms with E-state index in [0.717, 1.165) is 29.7 Å². The standard InChI is InChI=1S/C11H6Br2N2O5S2/c12-6-3-8(21-9(6)13)22(19,20)15-10(16)5-1-2-7(11(17)18)14-4-5/h1-4H,(H,15,16)(H,17,18)/p-2. The summed E-state index contributed by atoms with van der Waals surface area (Å²) in [7, 11) is -4.16. The van der Waals surface area contributed by atoms with Gasteiger partial charge in [-0.25, -0.2) is 0 Å². The van der Waals surface area contributed by atoms with Crippen molar-refractivity contribution >= 4 is 65.1 Å². The molecule has 2 aromatic rings. The van der Waals surface area contributed by atoms with Crippen LogP contribution in [0.3, 0.4) is 0 Å². The summed E-state index contributed by atoms with van der Waals surface area (Å²) >= 11 is 7.19. The molecule has 0 amide bonds. The SMILES string of the molecule is O=C([O-])c1ccc(/C([O-])=N/S(=O)(=O)c2cc(Br)c(Br)s2)cn1. The van der Waals surface area contributed by atoms with Crippen LogP contribution in [0.15, 0.2) is 41.3 Å². The highest BCUT2D eigenvalue weighted by Crippen LogP contribution is 2.35. The molecule has 0 atom stereocenters. The molecule has 0 spiro atoms. The van der Waals surface area contributed by atoms with Gasteiger partial charge in [0.05, 0.1) is 15.4 Å². The second-order valence-corrected chi connectivity index (χ2v) is 8.83. The van der Waals surface area contributed by atoms with Gasteiger partial charge in [0.1, 0.15) is 4.21 Å². The lowest BCUT2D eigenvalue weighted by Crippen LogP contribution is -2.25. The summed E-state index contributed by atoms with van der Waals surface area (Å²) in [5.41, 5.74) is -0.520. The van der Waals surface area contributed by atoms with Gasteiger partial charge in [-0.1, -0.05) is 6.07 Å². The smallest absolute Gasteiger partial charge is 0.291 e. The first-order valence-corrected chi connectivity index (χ1v) is 9.19. The van der Waals surface area contributed by atoms with E-state index in [1.165, 1.54) is 6.07 Å². The Hall–Kier alpha value is -1.30. The monoisotopic (exact) mass is 466 g/mol. The van der Waals surface area contributed by atoms with Gasteiger partial charge in [0.15, 0.2) is 0 Å². The third kappa shape index (κ3) is 3.72. The van der Waals surface area contributed by atoms with E-state index in [-0.39, 0.29) is 15.5 Å². The number of nitrogens with zero attached hydrogens (tertiary/aromatic N) is 2. The largest absolute Gasteiger partial charge is 0.858 e. The van der Waals surface area contributed by atoms with Gasteiger partial charge in [-0.05, 0) is 44.0 Å². The van der Waals surface area contributed by atoms with Crippen molar-refractivity contribution in [1.29, 1.82) is 0 Å². The van der Waals surface area contributed by atoms with Crippen LogP contribution in [0.1, 0.15) is 16.1 Å². The molecule has 22 heavy (non-hydrogen) atoms. The van der Waals surface area contributed by atoms with Crippen molar-refractivity contribution in [3.8, 4) is 0 Å². The van der Waals surface area contributed by atoms with Crippen LogP contribution < -0.4 is 10.2 Å². The predicted octanol–water partition coefficient (Wildman–Crippen LogP) is 0.527. The number of thiophene rings is 1. The van der Waals surface area contributed by atoms with Crippen LogP contribution in [0, 0.1) is 0 Å². The number of carboxylic acids is 1. The molecule has 2 aromatic heterocycles. The van der Waals surface area contributed by atoms with E-state index in [2.05, 4.69) is 41.2 Å². The number of aromatic carboxylic acids is 1. The number of sulfonamides is 1. The number of rotatable bonds is 4. The Labute approximate surface area is 145 Å². The molecule has 0 saturated heterocycles. The molecule has 0 fully saturated rings. The van der Waals surface area contributed by atoms with E-state index in [0.29, 0.717) is 8.26 Å². The second kappa shape index (κ2) is 6.44. The average Bonchev–Trinajstić information content (AvgIpc) is 2.79. The van der Waals surface area contributed by atoms with Crippen molar-refractivity contribution in [3.63, 3.8) is 0 Å². The third-order valence-corrected chi connectivity index (χ3v) is 7.26. The highest BCUT2D eigenvalue weighted by molar-refractivity contribution is 9.13. The van der Waals surface area contributed by atoms with Crippen molar-refractivity contribution < 1.29 is 23.4 Å². The van der Waals surface area contributed by atoms with Crippen LogP contribution >= 0.6 is 43.2 Å². The van der Waals surface area contributed by atoms with E-state index in [1.807, 2.05) is 0 Å². The first-order valence-electron chi connectivity index (χ1n) is 5.35. The molecule has 0 bridgehead atoms. The molecule has 0 aliphatic heterocycles. The highest BCUT2D eigenvalue weighted by atomic mass is 79.9. The zero-order valence-corrected chi connectivity index (χ0v) is 15.1. The fraction of sp³-hybridized carbons (Fsp3) is 0. The minimum Gasteiger partial charge on any atom is -0.858 e. The van der Waals surface area contributed by atoms with Crippen molar-refractivity contribution in [2.45, 2.75) is 4.21 Å².